The Morgan fingerprint density at radius 1 is 1.20 bits per heavy atom. The van der Waals surface area contributed by atoms with Crippen LogP contribution in [-0.4, -0.2) is 46.4 Å². The van der Waals surface area contributed by atoms with Gasteiger partial charge in [-0.1, -0.05) is 20.8 Å². The van der Waals surface area contributed by atoms with E-state index in [1.165, 1.54) is 0 Å². The van der Waals surface area contributed by atoms with Crippen LogP contribution in [0.2, 0.25) is 0 Å². The first kappa shape index (κ1) is 17.2. The molecule has 1 heterocycles. The normalized spacial score (nSPS) is 21.5. The number of aliphatic hydroxyl groups is 1. The van der Waals surface area contributed by atoms with Gasteiger partial charge in [-0.2, -0.15) is 0 Å². The van der Waals surface area contributed by atoms with E-state index in [0.29, 0.717) is 25.9 Å². The SMILES string of the molecule is CC(C)(C)OC(=O)N1CCC(O)(C(N)C(C)(C)C)CC1. The van der Waals surface area contributed by atoms with Crippen molar-refractivity contribution in [2.45, 2.75) is 71.6 Å². The minimum Gasteiger partial charge on any atom is -0.444 e. The lowest BCUT2D eigenvalue weighted by atomic mass is 9.72. The summed E-state index contributed by atoms with van der Waals surface area (Å²) < 4.78 is 5.35. The Kier molecular flexibility index (Phi) is 4.76. The van der Waals surface area contributed by atoms with Crippen LogP contribution in [0.1, 0.15) is 54.4 Å². The molecule has 1 unspecified atom stereocenters. The predicted octanol–water partition coefficient (Wildman–Crippen LogP) is 2.12. The van der Waals surface area contributed by atoms with Crippen LogP contribution in [0.15, 0.2) is 0 Å². The van der Waals surface area contributed by atoms with Crippen LogP contribution in [0, 0.1) is 5.41 Å². The Bertz CT molecular complexity index is 347. The van der Waals surface area contributed by atoms with Crippen LogP contribution in [0.25, 0.3) is 0 Å². The molecule has 0 spiro atoms. The number of ether oxygens (including phenoxy) is 1. The molecule has 5 nitrogen and oxygen atoms in total. The molecule has 0 aromatic rings. The molecule has 1 fully saturated rings. The van der Waals surface area contributed by atoms with E-state index in [-0.39, 0.29) is 17.6 Å². The zero-order chi connectivity index (χ0) is 15.8. The maximum Gasteiger partial charge on any atom is 0.410 e. The van der Waals surface area contributed by atoms with Gasteiger partial charge < -0.3 is 20.5 Å². The largest absolute Gasteiger partial charge is 0.444 e. The Morgan fingerprint density at radius 3 is 2.00 bits per heavy atom. The number of nitrogens with zero attached hydrogens (tertiary/aromatic N) is 1. The number of piperidine rings is 1. The van der Waals surface area contributed by atoms with Crippen LogP contribution >= 0.6 is 0 Å². The van der Waals surface area contributed by atoms with Crippen molar-refractivity contribution >= 4 is 6.09 Å². The summed E-state index contributed by atoms with van der Waals surface area (Å²) in [5, 5.41) is 10.7. The number of nitrogens with two attached hydrogens (primary N) is 1. The summed E-state index contributed by atoms with van der Waals surface area (Å²) in [5.74, 6) is 0. The molecule has 0 aromatic carbocycles. The molecule has 0 aromatic heterocycles. The van der Waals surface area contributed by atoms with Gasteiger partial charge in [0.15, 0.2) is 0 Å². The summed E-state index contributed by atoms with van der Waals surface area (Å²) in [6.07, 6.45) is 0.666. The first-order valence-electron chi connectivity index (χ1n) is 7.31. The van der Waals surface area contributed by atoms with Crippen molar-refractivity contribution in [3.8, 4) is 0 Å². The highest BCUT2D eigenvalue weighted by Crippen LogP contribution is 2.34. The lowest BCUT2D eigenvalue weighted by Crippen LogP contribution is -2.60. The van der Waals surface area contributed by atoms with Gasteiger partial charge in [-0.3, -0.25) is 0 Å². The number of carbonyl (C=O) groups is 1. The van der Waals surface area contributed by atoms with Crippen molar-refractivity contribution in [3.05, 3.63) is 0 Å². The zero-order valence-corrected chi connectivity index (χ0v) is 13.7. The van der Waals surface area contributed by atoms with Gasteiger partial charge in [0.1, 0.15) is 5.60 Å². The van der Waals surface area contributed by atoms with Crippen LogP contribution in [0.4, 0.5) is 4.79 Å². The molecule has 20 heavy (non-hydrogen) atoms. The van der Waals surface area contributed by atoms with Crippen LogP contribution < -0.4 is 5.73 Å². The smallest absolute Gasteiger partial charge is 0.410 e. The summed E-state index contributed by atoms with van der Waals surface area (Å²) >= 11 is 0. The quantitative estimate of drug-likeness (QED) is 0.774. The van der Waals surface area contributed by atoms with Crippen molar-refractivity contribution in [1.82, 2.24) is 4.90 Å². The van der Waals surface area contributed by atoms with E-state index < -0.39 is 11.2 Å². The third-order valence-electron chi connectivity index (χ3n) is 3.79. The molecule has 118 valence electrons. The molecule has 1 rings (SSSR count). The van der Waals surface area contributed by atoms with Crippen LogP contribution in [-0.2, 0) is 4.74 Å². The van der Waals surface area contributed by atoms with E-state index in [2.05, 4.69) is 0 Å². The molecule has 0 saturated carbocycles. The van der Waals surface area contributed by atoms with Crippen molar-refractivity contribution in [2.75, 3.05) is 13.1 Å². The topological polar surface area (TPSA) is 75.8 Å². The number of amides is 1. The van der Waals surface area contributed by atoms with E-state index in [1.54, 1.807) is 4.90 Å². The molecule has 5 heteroatoms. The van der Waals surface area contributed by atoms with Crippen molar-refractivity contribution < 1.29 is 14.6 Å². The van der Waals surface area contributed by atoms with E-state index in [1.807, 2.05) is 41.5 Å². The van der Waals surface area contributed by atoms with Crippen molar-refractivity contribution in [2.24, 2.45) is 11.1 Å². The molecular formula is C15H30N2O3. The summed E-state index contributed by atoms with van der Waals surface area (Å²) in [7, 11) is 0. The Hall–Kier alpha value is -0.810. The summed E-state index contributed by atoms with van der Waals surface area (Å²) in [4.78, 5) is 13.6. The third kappa shape index (κ3) is 4.35. The highest BCUT2D eigenvalue weighted by Gasteiger charge is 2.44. The third-order valence-corrected chi connectivity index (χ3v) is 3.79. The molecular weight excluding hydrogens is 256 g/mol. The molecule has 1 atom stereocenters. The average Bonchev–Trinajstić information content (AvgIpc) is 2.25. The Balaban J connectivity index is 2.61. The maximum atomic E-state index is 12.0. The lowest BCUT2D eigenvalue weighted by molar-refractivity contribution is -0.0678. The first-order chi connectivity index (χ1) is 8.85. The van der Waals surface area contributed by atoms with Crippen LogP contribution in [0.5, 0.6) is 0 Å². The van der Waals surface area contributed by atoms with Crippen molar-refractivity contribution in [3.63, 3.8) is 0 Å². The molecule has 1 aliphatic heterocycles. The fourth-order valence-electron chi connectivity index (χ4n) is 2.52. The Morgan fingerprint density at radius 2 is 1.65 bits per heavy atom. The van der Waals surface area contributed by atoms with E-state index in [0.717, 1.165) is 0 Å². The van der Waals surface area contributed by atoms with E-state index >= 15 is 0 Å². The maximum absolute atomic E-state index is 12.0. The van der Waals surface area contributed by atoms with E-state index in [9.17, 15) is 9.90 Å². The van der Waals surface area contributed by atoms with Crippen LogP contribution in [0.3, 0.4) is 0 Å². The first-order valence-corrected chi connectivity index (χ1v) is 7.31. The van der Waals surface area contributed by atoms with Gasteiger partial charge in [0.2, 0.25) is 0 Å². The lowest BCUT2D eigenvalue weighted by Gasteiger charge is -2.46. The molecule has 3 N–H and O–H groups in total. The van der Waals surface area contributed by atoms with Gasteiger partial charge in [0.05, 0.1) is 5.60 Å². The fraction of sp³-hybridized carbons (Fsp3) is 0.933. The molecule has 0 aliphatic carbocycles. The van der Waals surface area contributed by atoms with Gasteiger partial charge in [0.25, 0.3) is 0 Å². The zero-order valence-electron chi connectivity index (χ0n) is 13.7. The summed E-state index contributed by atoms with van der Waals surface area (Å²) in [6.45, 7) is 12.6. The Labute approximate surface area is 122 Å². The van der Waals surface area contributed by atoms with Gasteiger partial charge in [-0.25, -0.2) is 4.79 Å². The summed E-state index contributed by atoms with van der Waals surface area (Å²) in [6, 6.07) is -0.309. The second-order valence-electron chi connectivity index (χ2n) is 7.91. The van der Waals surface area contributed by atoms with Gasteiger partial charge in [0, 0.05) is 19.1 Å². The summed E-state index contributed by atoms with van der Waals surface area (Å²) in [5.41, 5.74) is 4.64. The molecule has 0 radical (unpaired) electrons. The number of rotatable bonds is 1. The highest BCUT2D eigenvalue weighted by molar-refractivity contribution is 5.68. The number of hydrogen-bond acceptors (Lipinski definition) is 4. The number of carbonyl (C=O) groups excluding carboxylic acids is 1. The van der Waals surface area contributed by atoms with E-state index in [4.69, 9.17) is 10.5 Å². The monoisotopic (exact) mass is 286 g/mol. The molecule has 0 bridgehead atoms. The molecule has 1 amide bonds. The molecule has 1 aliphatic rings. The minimum atomic E-state index is -0.906. The number of likely N-dealkylation sites (tertiary alicyclic amines) is 1. The average molecular weight is 286 g/mol. The number of hydrogen-bond donors (Lipinski definition) is 2. The van der Waals surface area contributed by atoms with Gasteiger partial charge in [-0.15, -0.1) is 0 Å². The molecule has 1 saturated heterocycles. The second kappa shape index (κ2) is 5.53. The van der Waals surface area contributed by atoms with Crippen molar-refractivity contribution in [1.29, 1.82) is 0 Å². The highest BCUT2D eigenvalue weighted by atomic mass is 16.6. The van der Waals surface area contributed by atoms with Gasteiger partial charge >= 0.3 is 6.09 Å². The minimum absolute atomic E-state index is 0.164. The van der Waals surface area contributed by atoms with Gasteiger partial charge in [-0.05, 0) is 39.0 Å². The predicted molar refractivity (Wildman–Crippen MR) is 79.4 cm³/mol. The second-order valence-corrected chi connectivity index (χ2v) is 7.91. The standard InChI is InChI=1S/C15H30N2O3/c1-13(2,3)11(16)15(19)7-9-17(10-8-15)12(18)20-14(4,5)6/h11,19H,7-10,16H2,1-6H3. The fourth-order valence-corrected chi connectivity index (χ4v) is 2.52.